The number of rotatable bonds is 8. The summed E-state index contributed by atoms with van der Waals surface area (Å²) in [6, 6.07) is 11.5. The summed E-state index contributed by atoms with van der Waals surface area (Å²) in [6.45, 7) is 2.64. The van der Waals surface area contributed by atoms with E-state index in [1.807, 2.05) is 36.4 Å². The molecule has 0 amide bonds. The fourth-order valence-electron chi connectivity index (χ4n) is 2.00. The van der Waals surface area contributed by atoms with Crippen molar-refractivity contribution >= 4 is 17.6 Å². The molecule has 0 bridgehead atoms. The molecule has 2 N–H and O–H groups in total. The van der Waals surface area contributed by atoms with Gasteiger partial charge in [-0.3, -0.25) is 4.99 Å². The zero-order valence-electron chi connectivity index (χ0n) is 13.2. The van der Waals surface area contributed by atoms with Crippen molar-refractivity contribution in [1.29, 1.82) is 0 Å². The summed E-state index contributed by atoms with van der Waals surface area (Å²) in [5.41, 5.74) is 1.11. The first-order valence-corrected chi connectivity index (χ1v) is 7.95. The van der Waals surface area contributed by atoms with Crippen molar-refractivity contribution in [3.8, 4) is 0 Å². The Kier molecular flexibility index (Phi) is 7.49. The summed E-state index contributed by atoms with van der Waals surface area (Å²) in [7, 11) is 1.75. The molecule has 2 rings (SSSR count). The molecule has 5 nitrogen and oxygen atoms in total. The summed E-state index contributed by atoms with van der Waals surface area (Å²) < 4.78 is 10.7. The zero-order chi connectivity index (χ0) is 16.3. The van der Waals surface area contributed by atoms with Crippen molar-refractivity contribution in [3.05, 3.63) is 59.0 Å². The molecule has 0 radical (unpaired) electrons. The largest absolute Gasteiger partial charge is 0.467 e. The molecule has 2 aromatic rings. The number of nitrogens with one attached hydrogen (secondary N) is 2. The number of furan rings is 1. The third kappa shape index (κ3) is 6.76. The Hall–Kier alpha value is -1.98. The van der Waals surface area contributed by atoms with Crippen LogP contribution >= 0.6 is 11.6 Å². The maximum Gasteiger partial charge on any atom is 0.191 e. The Morgan fingerprint density at radius 1 is 1.26 bits per heavy atom. The highest BCUT2D eigenvalue weighted by atomic mass is 35.5. The van der Waals surface area contributed by atoms with Gasteiger partial charge in [0, 0.05) is 31.8 Å². The molecule has 1 heterocycles. The second-order valence-corrected chi connectivity index (χ2v) is 5.40. The number of halogens is 1. The highest BCUT2D eigenvalue weighted by Crippen LogP contribution is 2.10. The van der Waals surface area contributed by atoms with Gasteiger partial charge in [-0.05, 0) is 36.2 Å². The predicted molar refractivity (Wildman–Crippen MR) is 92.6 cm³/mol. The standard InChI is InChI=1S/C17H22ClN3O2/c1-19-17(21-12-14-5-2-6-15(18)11-14)20-8-4-9-22-13-16-7-3-10-23-16/h2-3,5-7,10-11H,4,8-9,12-13H2,1H3,(H2,19,20,21). The highest BCUT2D eigenvalue weighted by molar-refractivity contribution is 6.30. The van der Waals surface area contributed by atoms with E-state index in [2.05, 4.69) is 15.6 Å². The van der Waals surface area contributed by atoms with Crippen molar-refractivity contribution in [2.45, 2.75) is 19.6 Å². The normalized spacial score (nSPS) is 11.5. The van der Waals surface area contributed by atoms with Crippen LogP contribution in [0.1, 0.15) is 17.7 Å². The van der Waals surface area contributed by atoms with Gasteiger partial charge in [0.2, 0.25) is 0 Å². The number of aliphatic imine (C=N–C) groups is 1. The van der Waals surface area contributed by atoms with Gasteiger partial charge in [0.05, 0.1) is 6.26 Å². The van der Waals surface area contributed by atoms with Crippen molar-refractivity contribution < 1.29 is 9.15 Å². The fraction of sp³-hybridized carbons (Fsp3) is 0.353. The molecule has 0 aliphatic heterocycles. The quantitative estimate of drug-likeness (QED) is 0.442. The van der Waals surface area contributed by atoms with Crippen molar-refractivity contribution in [2.24, 2.45) is 4.99 Å². The second-order valence-electron chi connectivity index (χ2n) is 4.97. The number of guanidine groups is 1. The van der Waals surface area contributed by atoms with Crippen LogP contribution in [0.2, 0.25) is 5.02 Å². The lowest BCUT2D eigenvalue weighted by Gasteiger charge is -2.12. The third-order valence-electron chi connectivity index (χ3n) is 3.15. The minimum Gasteiger partial charge on any atom is -0.467 e. The van der Waals surface area contributed by atoms with Gasteiger partial charge >= 0.3 is 0 Å². The molecule has 0 saturated carbocycles. The first kappa shape index (κ1) is 17.4. The van der Waals surface area contributed by atoms with Crippen molar-refractivity contribution in [3.63, 3.8) is 0 Å². The van der Waals surface area contributed by atoms with Crippen LogP contribution in [-0.2, 0) is 17.9 Å². The van der Waals surface area contributed by atoms with Crippen LogP contribution in [0.5, 0.6) is 0 Å². The summed E-state index contributed by atoms with van der Waals surface area (Å²) in [5.74, 6) is 1.60. The number of benzene rings is 1. The molecule has 6 heteroatoms. The van der Waals surface area contributed by atoms with Crippen LogP contribution in [0, 0.1) is 0 Å². The van der Waals surface area contributed by atoms with Crippen molar-refractivity contribution in [1.82, 2.24) is 10.6 Å². The van der Waals surface area contributed by atoms with Crippen LogP contribution in [0.15, 0.2) is 52.1 Å². The monoisotopic (exact) mass is 335 g/mol. The van der Waals surface area contributed by atoms with Crippen LogP contribution in [-0.4, -0.2) is 26.2 Å². The maximum atomic E-state index is 5.97. The number of hydrogen-bond donors (Lipinski definition) is 2. The Morgan fingerprint density at radius 3 is 2.91 bits per heavy atom. The molecule has 124 valence electrons. The molecule has 23 heavy (non-hydrogen) atoms. The van der Waals surface area contributed by atoms with Crippen LogP contribution in [0.3, 0.4) is 0 Å². The lowest BCUT2D eigenvalue weighted by atomic mass is 10.2. The second kappa shape index (κ2) is 9.92. The first-order chi connectivity index (χ1) is 11.3. The summed E-state index contributed by atoms with van der Waals surface area (Å²) >= 11 is 5.97. The van der Waals surface area contributed by atoms with E-state index in [0.29, 0.717) is 19.8 Å². The van der Waals surface area contributed by atoms with Gasteiger partial charge in [-0.1, -0.05) is 23.7 Å². The van der Waals surface area contributed by atoms with Crippen LogP contribution in [0.4, 0.5) is 0 Å². The predicted octanol–water partition coefficient (Wildman–Crippen LogP) is 3.20. The van der Waals surface area contributed by atoms with Gasteiger partial charge in [0.1, 0.15) is 12.4 Å². The van der Waals surface area contributed by atoms with E-state index in [0.717, 1.165) is 35.3 Å². The molecular formula is C17H22ClN3O2. The zero-order valence-corrected chi connectivity index (χ0v) is 14.0. The summed E-state index contributed by atoms with van der Waals surface area (Å²) in [5, 5.41) is 7.24. The van der Waals surface area contributed by atoms with Gasteiger partial charge in [-0.25, -0.2) is 0 Å². The SMILES string of the molecule is CN=C(NCCCOCc1ccco1)NCc1cccc(Cl)c1. The van der Waals surface area contributed by atoms with Gasteiger partial charge in [-0.2, -0.15) is 0 Å². The number of nitrogens with zero attached hydrogens (tertiary/aromatic N) is 1. The average molecular weight is 336 g/mol. The lowest BCUT2D eigenvalue weighted by Crippen LogP contribution is -2.37. The molecule has 0 spiro atoms. The van der Waals surface area contributed by atoms with Gasteiger partial charge in [0.15, 0.2) is 5.96 Å². The smallest absolute Gasteiger partial charge is 0.191 e. The van der Waals surface area contributed by atoms with Gasteiger partial charge in [0.25, 0.3) is 0 Å². The summed E-state index contributed by atoms with van der Waals surface area (Å²) in [6.07, 6.45) is 2.54. The molecule has 0 atom stereocenters. The Balaban J connectivity index is 1.58. The minimum atomic E-state index is 0.509. The molecule has 0 unspecified atom stereocenters. The average Bonchev–Trinajstić information content (AvgIpc) is 3.07. The minimum absolute atomic E-state index is 0.509. The van der Waals surface area contributed by atoms with Crippen LogP contribution in [0.25, 0.3) is 0 Å². The molecule has 0 saturated heterocycles. The Bertz CT molecular complexity index is 600. The van der Waals surface area contributed by atoms with Crippen LogP contribution < -0.4 is 10.6 Å². The van der Waals surface area contributed by atoms with Crippen molar-refractivity contribution in [2.75, 3.05) is 20.2 Å². The Morgan fingerprint density at radius 2 is 2.17 bits per heavy atom. The van der Waals surface area contributed by atoms with E-state index < -0.39 is 0 Å². The Labute approximate surface area is 141 Å². The van der Waals surface area contributed by atoms with E-state index in [9.17, 15) is 0 Å². The maximum absolute atomic E-state index is 5.97. The fourth-order valence-corrected chi connectivity index (χ4v) is 2.21. The lowest BCUT2D eigenvalue weighted by molar-refractivity contribution is 0.105. The van der Waals surface area contributed by atoms with Gasteiger partial charge < -0.3 is 19.8 Å². The topological polar surface area (TPSA) is 58.8 Å². The summed E-state index contributed by atoms with van der Waals surface area (Å²) in [4.78, 5) is 4.19. The molecular weight excluding hydrogens is 314 g/mol. The number of ether oxygens (including phenoxy) is 1. The first-order valence-electron chi connectivity index (χ1n) is 7.57. The molecule has 1 aromatic heterocycles. The third-order valence-corrected chi connectivity index (χ3v) is 3.39. The van der Waals surface area contributed by atoms with E-state index in [1.165, 1.54) is 0 Å². The molecule has 0 fully saturated rings. The van der Waals surface area contributed by atoms with E-state index >= 15 is 0 Å². The molecule has 0 aliphatic rings. The van der Waals surface area contributed by atoms with E-state index in [4.69, 9.17) is 20.8 Å². The van der Waals surface area contributed by atoms with E-state index in [1.54, 1.807) is 13.3 Å². The number of hydrogen-bond acceptors (Lipinski definition) is 3. The molecule has 1 aromatic carbocycles. The van der Waals surface area contributed by atoms with Gasteiger partial charge in [-0.15, -0.1) is 0 Å². The van der Waals surface area contributed by atoms with E-state index in [-0.39, 0.29) is 0 Å². The molecule has 0 aliphatic carbocycles. The highest BCUT2D eigenvalue weighted by Gasteiger charge is 1.99.